The molecule has 0 saturated heterocycles. The van der Waals surface area contributed by atoms with Crippen molar-refractivity contribution in [3.63, 3.8) is 0 Å². The van der Waals surface area contributed by atoms with E-state index in [1.165, 1.54) is 0 Å². The lowest BCUT2D eigenvalue weighted by atomic mass is 10.2. The van der Waals surface area contributed by atoms with E-state index in [4.69, 9.17) is 4.74 Å². The summed E-state index contributed by atoms with van der Waals surface area (Å²) >= 11 is 0. The highest BCUT2D eigenvalue weighted by Crippen LogP contribution is 2.15. The molecule has 0 unspecified atom stereocenters. The van der Waals surface area contributed by atoms with Crippen LogP contribution in [0.15, 0.2) is 36.7 Å². The number of hydrogen-bond acceptors (Lipinski definition) is 4. The maximum atomic E-state index is 11.8. The van der Waals surface area contributed by atoms with E-state index in [2.05, 4.69) is 20.6 Å². The number of aromatic nitrogens is 2. The second kappa shape index (κ2) is 7.23. The van der Waals surface area contributed by atoms with Crippen LogP contribution in [0, 0.1) is 6.92 Å². The number of aryl methyl sites for hydroxylation is 1. The number of carbonyl (C=O) groups excluding carboxylic acids is 1. The van der Waals surface area contributed by atoms with Gasteiger partial charge in [-0.25, -0.2) is 9.78 Å². The van der Waals surface area contributed by atoms with Crippen molar-refractivity contribution in [1.82, 2.24) is 20.6 Å². The van der Waals surface area contributed by atoms with E-state index in [0.717, 1.165) is 16.8 Å². The molecule has 2 heterocycles. The maximum absolute atomic E-state index is 11.8. The molecular formula is C15H18N4O2. The van der Waals surface area contributed by atoms with Crippen molar-refractivity contribution in [3.05, 3.63) is 53.5 Å². The van der Waals surface area contributed by atoms with Crippen LogP contribution in [0.3, 0.4) is 0 Å². The highest BCUT2D eigenvalue weighted by molar-refractivity contribution is 5.73. The molecule has 2 aromatic rings. The highest BCUT2D eigenvalue weighted by Gasteiger charge is 2.06. The van der Waals surface area contributed by atoms with Gasteiger partial charge in [-0.05, 0) is 30.7 Å². The van der Waals surface area contributed by atoms with Gasteiger partial charge in [-0.3, -0.25) is 4.98 Å². The first-order valence-corrected chi connectivity index (χ1v) is 6.60. The largest absolute Gasteiger partial charge is 0.481 e. The molecule has 0 aliphatic heterocycles. The molecule has 0 saturated carbocycles. The second-order valence-electron chi connectivity index (χ2n) is 4.51. The van der Waals surface area contributed by atoms with Crippen LogP contribution in [0.5, 0.6) is 5.88 Å². The number of hydrogen-bond donors (Lipinski definition) is 2. The number of carbonyl (C=O) groups is 1. The number of nitrogens with zero attached hydrogens (tertiary/aromatic N) is 2. The molecule has 6 nitrogen and oxygen atoms in total. The number of ether oxygens (including phenoxy) is 1. The van der Waals surface area contributed by atoms with Gasteiger partial charge >= 0.3 is 6.03 Å². The molecule has 0 aliphatic rings. The quantitative estimate of drug-likeness (QED) is 0.878. The first-order chi connectivity index (χ1) is 10.2. The fraction of sp³-hybridized carbons (Fsp3) is 0.267. The summed E-state index contributed by atoms with van der Waals surface area (Å²) in [6.45, 7) is 2.71. The predicted octanol–water partition coefficient (Wildman–Crippen LogP) is 1.79. The van der Waals surface area contributed by atoms with Gasteiger partial charge in [0.25, 0.3) is 0 Å². The minimum absolute atomic E-state index is 0.241. The third-order valence-corrected chi connectivity index (χ3v) is 2.91. The zero-order valence-corrected chi connectivity index (χ0v) is 12.1. The van der Waals surface area contributed by atoms with Crippen molar-refractivity contribution in [2.45, 2.75) is 20.0 Å². The van der Waals surface area contributed by atoms with Crippen molar-refractivity contribution in [2.24, 2.45) is 0 Å². The van der Waals surface area contributed by atoms with Crippen molar-refractivity contribution in [1.29, 1.82) is 0 Å². The van der Waals surface area contributed by atoms with Crippen molar-refractivity contribution in [2.75, 3.05) is 7.11 Å². The number of pyridine rings is 2. The molecule has 2 aromatic heterocycles. The predicted molar refractivity (Wildman–Crippen MR) is 78.8 cm³/mol. The molecule has 6 heteroatoms. The molecule has 2 N–H and O–H groups in total. The number of methoxy groups -OCH3 is 1. The third-order valence-electron chi connectivity index (χ3n) is 2.91. The lowest BCUT2D eigenvalue weighted by Crippen LogP contribution is -2.34. The van der Waals surface area contributed by atoms with E-state index in [-0.39, 0.29) is 6.03 Å². The molecule has 0 spiro atoms. The van der Waals surface area contributed by atoms with Crippen LogP contribution in [0.1, 0.15) is 16.8 Å². The molecule has 21 heavy (non-hydrogen) atoms. The van der Waals surface area contributed by atoms with Gasteiger partial charge in [-0.2, -0.15) is 0 Å². The Hall–Kier alpha value is -2.63. The average molecular weight is 286 g/mol. The summed E-state index contributed by atoms with van der Waals surface area (Å²) in [6, 6.07) is 7.24. The van der Waals surface area contributed by atoms with Crippen LogP contribution in [0.25, 0.3) is 0 Å². The molecular weight excluding hydrogens is 268 g/mol. The van der Waals surface area contributed by atoms with Crippen LogP contribution in [-0.2, 0) is 13.1 Å². The van der Waals surface area contributed by atoms with Gasteiger partial charge in [0.15, 0.2) is 0 Å². The molecule has 2 amide bonds. The van der Waals surface area contributed by atoms with Crippen molar-refractivity contribution < 1.29 is 9.53 Å². The summed E-state index contributed by atoms with van der Waals surface area (Å²) in [4.78, 5) is 19.9. The molecule has 0 radical (unpaired) electrons. The van der Waals surface area contributed by atoms with E-state index in [0.29, 0.717) is 19.0 Å². The lowest BCUT2D eigenvalue weighted by Gasteiger charge is -2.10. The molecule has 0 fully saturated rings. The van der Waals surface area contributed by atoms with Gasteiger partial charge in [0, 0.05) is 36.7 Å². The van der Waals surface area contributed by atoms with Gasteiger partial charge in [-0.15, -0.1) is 0 Å². The fourth-order valence-electron chi connectivity index (χ4n) is 1.79. The average Bonchev–Trinajstić information content (AvgIpc) is 2.52. The molecule has 0 aromatic carbocycles. The van der Waals surface area contributed by atoms with Gasteiger partial charge in [0.2, 0.25) is 5.88 Å². The third kappa shape index (κ3) is 4.45. The minimum atomic E-state index is -0.241. The summed E-state index contributed by atoms with van der Waals surface area (Å²) in [6.07, 6.45) is 3.38. The van der Waals surface area contributed by atoms with Crippen LogP contribution in [-0.4, -0.2) is 23.1 Å². The minimum Gasteiger partial charge on any atom is -0.481 e. The monoisotopic (exact) mass is 286 g/mol. The zero-order chi connectivity index (χ0) is 15.1. The van der Waals surface area contributed by atoms with E-state index < -0.39 is 0 Å². The number of rotatable bonds is 5. The summed E-state index contributed by atoms with van der Waals surface area (Å²) in [5.41, 5.74) is 2.70. The number of amides is 2. The SMILES string of the molecule is COc1nc(C)ccc1CNC(=O)NCc1ccncc1. The standard InChI is InChI=1S/C15H18N4O2/c1-11-3-4-13(14(19-11)21-2)10-18-15(20)17-9-12-5-7-16-8-6-12/h3-8H,9-10H2,1-2H3,(H2,17,18,20). The first-order valence-electron chi connectivity index (χ1n) is 6.60. The maximum Gasteiger partial charge on any atom is 0.315 e. The Bertz CT molecular complexity index is 602. The molecule has 0 atom stereocenters. The molecule has 110 valence electrons. The van der Waals surface area contributed by atoms with Crippen molar-refractivity contribution in [3.8, 4) is 5.88 Å². The summed E-state index contributed by atoms with van der Waals surface area (Å²) in [5.74, 6) is 0.532. The zero-order valence-electron chi connectivity index (χ0n) is 12.1. The first kappa shape index (κ1) is 14.8. The van der Waals surface area contributed by atoms with Crippen LogP contribution in [0.2, 0.25) is 0 Å². The Kier molecular flexibility index (Phi) is 5.09. The van der Waals surface area contributed by atoms with Gasteiger partial charge in [0.1, 0.15) is 0 Å². The van der Waals surface area contributed by atoms with Crippen LogP contribution in [0.4, 0.5) is 4.79 Å². The van der Waals surface area contributed by atoms with E-state index in [1.807, 2.05) is 31.2 Å². The van der Waals surface area contributed by atoms with E-state index in [9.17, 15) is 4.79 Å². The van der Waals surface area contributed by atoms with E-state index >= 15 is 0 Å². The molecule has 2 rings (SSSR count). The van der Waals surface area contributed by atoms with Crippen LogP contribution >= 0.6 is 0 Å². The van der Waals surface area contributed by atoms with Gasteiger partial charge in [-0.1, -0.05) is 6.07 Å². The Labute approximate surface area is 123 Å². The summed E-state index contributed by atoms with van der Waals surface area (Å²) in [7, 11) is 1.56. The Balaban J connectivity index is 1.84. The fourth-order valence-corrected chi connectivity index (χ4v) is 1.79. The Morgan fingerprint density at radius 3 is 2.57 bits per heavy atom. The lowest BCUT2D eigenvalue weighted by molar-refractivity contribution is 0.240. The Morgan fingerprint density at radius 1 is 1.14 bits per heavy atom. The van der Waals surface area contributed by atoms with E-state index in [1.54, 1.807) is 19.5 Å². The topological polar surface area (TPSA) is 76.1 Å². The normalized spacial score (nSPS) is 10.0. The van der Waals surface area contributed by atoms with Crippen molar-refractivity contribution >= 4 is 6.03 Å². The van der Waals surface area contributed by atoms with Gasteiger partial charge in [0.05, 0.1) is 7.11 Å². The highest BCUT2D eigenvalue weighted by atomic mass is 16.5. The smallest absolute Gasteiger partial charge is 0.315 e. The summed E-state index contributed by atoms with van der Waals surface area (Å²) in [5, 5.41) is 5.56. The second-order valence-corrected chi connectivity index (χ2v) is 4.51. The summed E-state index contributed by atoms with van der Waals surface area (Å²) < 4.78 is 5.20. The number of urea groups is 1. The molecule has 0 aliphatic carbocycles. The van der Waals surface area contributed by atoms with Gasteiger partial charge < -0.3 is 15.4 Å². The number of nitrogens with one attached hydrogen (secondary N) is 2. The molecule has 0 bridgehead atoms. The Morgan fingerprint density at radius 2 is 1.86 bits per heavy atom. The van der Waals surface area contributed by atoms with Crippen LogP contribution < -0.4 is 15.4 Å².